The second kappa shape index (κ2) is 9.17. The molecule has 1 N–H and O–H groups in total. The Morgan fingerprint density at radius 1 is 1.09 bits per heavy atom. The number of amidine groups is 1. The van der Waals surface area contributed by atoms with Crippen LogP contribution >= 0.6 is 23.4 Å². The molecule has 1 amide bonds. The van der Waals surface area contributed by atoms with Gasteiger partial charge in [-0.25, -0.2) is 4.99 Å². The molecule has 1 fully saturated rings. The number of fused-ring (bicyclic) bond motifs is 1. The summed E-state index contributed by atoms with van der Waals surface area (Å²) in [6.07, 6.45) is 3.87. The predicted octanol–water partition coefficient (Wildman–Crippen LogP) is 6.14. The van der Waals surface area contributed by atoms with Crippen molar-refractivity contribution in [1.82, 2.24) is 9.88 Å². The average Bonchev–Trinajstić information content (AvgIpc) is 3.35. The summed E-state index contributed by atoms with van der Waals surface area (Å²) in [6.45, 7) is 0.666. The van der Waals surface area contributed by atoms with Crippen molar-refractivity contribution in [1.29, 1.82) is 0 Å². The van der Waals surface area contributed by atoms with Gasteiger partial charge in [0.15, 0.2) is 5.17 Å². The number of hydrogen-bond donors (Lipinski definition) is 1. The van der Waals surface area contributed by atoms with E-state index in [0.717, 1.165) is 22.0 Å². The van der Waals surface area contributed by atoms with Crippen LogP contribution in [-0.4, -0.2) is 20.6 Å². The number of thioether (sulfide) groups is 1. The van der Waals surface area contributed by atoms with Crippen molar-refractivity contribution in [3.63, 3.8) is 0 Å². The molecule has 1 aliphatic heterocycles. The van der Waals surface area contributed by atoms with E-state index in [2.05, 4.69) is 14.9 Å². The van der Waals surface area contributed by atoms with E-state index in [0.29, 0.717) is 27.3 Å². The van der Waals surface area contributed by atoms with E-state index in [4.69, 9.17) is 11.6 Å². The van der Waals surface area contributed by atoms with Crippen molar-refractivity contribution >= 4 is 62.8 Å². The number of nitro groups is 1. The number of amides is 1. The average molecular weight is 489 g/mol. The van der Waals surface area contributed by atoms with Gasteiger partial charge >= 0.3 is 0 Å². The lowest BCUT2D eigenvalue weighted by Crippen LogP contribution is -2.19. The highest BCUT2D eigenvalue weighted by molar-refractivity contribution is 8.18. The molecule has 0 radical (unpaired) electrons. The Balaban J connectivity index is 1.45. The van der Waals surface area contributed by atoms with Crippen molar-refractivity contribution in [2.45, 2.75) is 6.54 Å². The van der Waals surface area contributed by atoms with Gasteiger partial charge in [-0.3, -0.25) is 14.9 Å². The first-order chi connectivity index (χ1) is 16.5. The standard InChI is InChI=1S/C25H17ClN4O3S/c26-18-10-8-16(9-11-18)14-29-15-17(21-6-1-2-7-22(21)29)12-23-24(31)28-25(34-23)27-19-4-3-5-20(13-19)30(32)33/h1-13,15H,14H2,(H,27,28,31)/b23-12-. The number of nitrogens with one attached hydrogen (secondary N) is 1. The third-order valence-corrected chi connectivity index (χ3v) is 6.46. The molecule has 2 heterocycles. The lowest BCUT2D eigenvalue weighted by atomic mass is 10.1. The van der Waals surface area contributed by atoms with Crippen LogP contribution in [0.25, 0.3) is 17.0 Å². The number of halogens is 1. The summed E-state index contributed by atoms with van der Waals surface area (Å²) in [5.74, 6) is -0.260. The van der Waals surface area contributed by atoms with Crippen LogP contribution < -0.4 is 5.32 Å². The zero-order valence-electron chi connectivity index (χ0n) is 17.6. The molecule has 0 bridgehead atoms. The molecule has 0 aliphatic carbocycles. The van der Waals surface area contributed by atoms with Gasteiger partial charge in [0.1, 0.15) is 0 Å². The van der Waals surface area contributed by atoms with E-state index in [9.17, 15) is 14.9 Å². The SMILES string of the molecule is O=C1NC(=Nc2cccc([N+](=O)[O-])c2)S/C1=C\c1cn(Cc2ccc(Cl)cc2)c2ccccc12. The van der Waals surface area contributed by atoms with E-state index in [-0.39, 0.29) is 11.6 Å². The molecule has 9 heteroatoms. The zero-order valence-corrected chi connectivity index (χ0v) is 19.2. The Morgan fingerprint density at radius 3 is 2.68 bits per heavy atom. The Hall–Kier alpha value is -3.88. The zero-order chi connectivity index (χ0) is 23.7. The van der Waals surface area contributed by atoms with Crippen LogP contribution in [0.3, 0.4) is 0 Å². The van der Waals surface area contributed by atoms with Crippen LogP contribution in [0.5, 0.6) is 0 Å². The van der Waals surface area contributed by atoms with Gasteiger partial charge in [-0.15, -0.1) is 0 Å². The first kappa shape index (κ1) is 21.9. The normalized spacial score (nSPS) is 15.9. The summed E-state index contributed by atoms with van der Waals surface area (Å²) in [6, 6.07) is 21.7. The molecule has 0 saturated carbocycles. The lowest BCUT2D eigenvalue weighted by molar-refractivity contribution is -0.384. The molecule has 5 rings (SSSR count). The summed E-state index contributed by atoms with van der Waals surface area (Å²) in [4.78, 5) is 28.0. The van der Waals surface area contributed by atoms with Crippen LogP contribution in [0.15, 0.2) is 88.9 Å². The molecule has 1 saturated heterocycles. The van der Waals surface area contributed by atoms with Crippen molar-refractivity contribution in [3.8, 4) is 0 Å². The van der Waals surface area contributed by atoms with E-state index in [1.807, 2.05) is 60.8 Å². The van der Waals surface area contributed by atoms with Crippen LogP contribution in [0, 0.1) is 10.1 Å². The molecule has 7 nitrogen and oxygen atoms in total. The monoisotopic (exact) mass is 488 g/mol. The number of rotatable bonds is 5. The van der Waals surface area contributed by atoms with Gasteiger partial charge < -0.3 is 9.88 Å². The number of carbonyl (C=O) groups excluding carboxylic acids is 1. The summed E-state index contributed by atoms with van der Waals surface area (Å²) >= 11 is 7.22. The third kappa shape index (κ3) is 4.59. The minimum atomic E-state index is -0.477. The Morgan fingerprint density at radius 2 is 1.88 bits per heavy atom. The number of nitrogens with zero attached hydrogens (tertiary/aromatic N) is 3. The summed E-state index contributed by atoms with van der Waals surface area (Å²) in [5, 5.41) is 15.8. The molecule has 1 aromatic heterocycles. The quantitative estimate of drug-likeness (QED) is 0.207. The maximum atomic E-state index is 12.6. The fourth-order valence-corrected chi connectivity index (χ4v) is 4.68. The van der Waals surface area contributed by atoms with Crippen LogP contribution in [0.4, 0.5) is 11.4 Å². The summed E-state index contributed by atoms with van der Waals surface area (Å²) in [5.41, 5.74) is 3.43. The molecule has 34 heavy (non-hydrogen) atoms. The molecule has 0 unspecified atom stereocenters. The fourth-order valence-electron chi connectivity index (χ4n) is 3.72. The van der Waals surface area contributed by atoms with Gasteiger partial charge in [0.25, 0.3) is 11.6 Å². The fraction of sp³-hybridized carbons (Fsp3) is 0.0400. The van der Waals surface area contributed by atoms with E-state index >= 15 is 0 Å². The Kier molecular flexibility index (Phi) is 5.91. The number of aromatic nitrogens is 1. The molecule has 4 aromatic rings. The molecular weight excluding hydrogens is 472 g/mol. The largest absolute Gasteiger partial charge is 0.342 e. The molecule has 0 atom stereocenters. The van der Waals surface area contributed by atoms with Crippen molar-refractivity contribution in [2.24, 2.45) is 4.99 Å². The minimum Gasteiger partial charge on any atom is -0.342 e. The van der Waals surface area contributed by atoms with Crippen molar-refractivity contribution in [2.75, 3.05) is 0 Å². The van der Waals surface area contributed by atoms with E-state index in [1.165, 1.54) is 23.9 Å². The first-order valence-electron chi connectivity index (χ1n) is 10.3. The van der Waals surface area contributed by atoms with Gasteiger partial charge in [0, 0.05) is 46.4 Å². The lowest BCUT2D eigenvalue weighted by Gasteiger charge is -2.05. The molecule has 0 spiro atoms. The second-order valence-corrected chi connectivity index (χ2v) is 9.08. The van der Waals surface area contributed by atoms with Crippen LogP contribution in [0.1, 0.15) is 11.1 Å². The predicted molar refractivity (Wildman–Crippen MR) is 136 cm³/mol. The molecule has 168 valence electrons. The highest BCUT2D eigenvalue weighted by atomic mass is 35.5. The van der Waals surface area contributed by atoms with E-state index in [1.54, 1.807) is 12.1 Å². The smallest absolute Gasteiger partial charge is 0.271 e. The minimum absolute atomic E-state index is 0.0552. The summed E-state index contributed by atoms with van der Waals surface area (Å²) < 4.78 is 2.14. The summed E-state index contributed by atoms with van der Waals surface area (Å²) in [7, 11) is 0. The number of non-ortho nitro benzene ring substituents is 1. The molecule has 3 aromatic carbocycles. The highest BCUT2D eigenvalue weighted by Crippen LogP contribution is 2.32. The highest BCUT2D eigenvalue weighted by Gasteiger charge is 2.24. The van der Waals surface area contributed by atoms with Gasteiger partial charge in [0.2, 0.25) is 0 Å². The number of aliphatic imine (C=N–C) groups is 1. The van der Waals surface area contributed by atoms with E-state index < -0.39 is 4.92 Å². The topological polar surface area (TPSA) is 89.5 Å². The molecular formula is C25H17ClN4O3S. The number of carbonyl (C=O) groups is 1. The van der Waals surface area contributed by atoms with Crippen molar-refractivity contribution < 1.29 is 9.72 Å². The van der Waals surface area contributed by atoms with Gasteiger partial charge in [0.05, 0.1) is 15.5 Å². The van der Waals surface area contributed by atoms with Gasteiger partial charge in [-0.05, 0) is 47.7 Å². The van der Waals surface area contributed by atoms with Crippen molar-refractivity contribution in [3.05, 3.63) is 110 Å². The third-order valence-electron chi connectivity index (χ3n) is 5.29. The molecule has 1 aliphatic rings. The van der Waals surface area contributed by atoms with Crippen LogP contribution in [0.2, 0.25) is 5.02 Å². The van der Waals surface area contributed by atoms with Gasteiger partial charge in [-0.1, -0.05) is 48.0 Å². The number of para-hydroxylation sites is 1. The number of hydrogen-bond acceptors (Lipinski definition) is 5. The van der Waals surface area contributed by atoms with Crippen LogP contribution in [-0.2, 0) is 11.3 Å². The first-order valence-corrected chi connectivity index (χ1v) is 11.5. The Labute approximate surface area is 203 Å². The number of nitro benzene ring substituents is 1. The second-order valence-electron chi connectivity index (χ2n) is 7.61. The number of benzene rings is 3. The van der Waals surface area contributed by atoms with Gasteiger partial charge in [-0.2, -0.15) is 0 Å². The Bertz CT molecular complexity index is 1490. The maximum absolute atomic E-state index is 12.6. The maximum Gasteiger partial charge on any atom is 0.271 e.